The molecule has 4 nitrogen and oxygen atoms in total. The maximum absolute atomic E-state index is 6.08. The van der Waals surface area contributed by atoms with Crippen molar-refractivity contribution in [1.82, 2.24) is 14.5 Å². The molecule has 0 aliphatic rings. The van der Waals surface area contributed by atoms with Gasteiger partial charge in [-0.1, -0.05) is 23.2 Å². The molecule has 0 unspecified atom stereocenters. The molecule has 0 spiro atoms. The summed E-state index contributed by atoms with van der Waals surface area (Å²) in [6.07, 6.45) is 1.55. The summed E-state index contributed by atoms with van der Waals surface area (Å²) in [5.41, 5.74) is 0.659. The van der Waals surface area contributed by atoms with Gasteiger partial charge in [0.2, 0.25) is 10.7 Å². The van der Waals surface area contributed by atoms with Gasteiger partial charge in [-0.25, -0.2) is 4.98 Å². The van der Waals surface area contributed by atoms with E-state index >= 15 is 0 Å². The molecule has 0 saturated heterocycles. The summed E-state index contributed by atoms with van der Waals surface area (Å²) in [5.74, 6) is 0.462. The lowest BCUT2D eigenvalue weighted by Gasteiger charge is -2.09. The van der Waals surface area contributed by atoms with Crippen LogP contribution in [0.5, 0.6) is 0 Å². The van der Waals surface area contributed by atoms with Gasteiger partial charge in [-0.3, -0.25) is 4.57 Å². The van der Waals surface area contributed by atoms with E-state index in [1.807, 2.05) is 0 Å². The number of hydrogen-bond acceptors (Lipinski definition) is 4. The molecule has 1 heterocycles. The van der Waals surface area contributed by atoms with Crippen LogP contribution >= 0.6 is 35.4 Å². The second-order valence-corrected chi connectivity index (χ2v) is 4.39. The Morgan fingerprint density at radius 3 is 2.76 bits per heavy atom. The Bertz CT molecular complexity index is 611. The Labute approximate surface area is 113 Å². The van der Waals surface area contributed by atoms with E-state index in [0.29, 0.717) is 26.5 Å². The lowest BCUT2D eigenvalue weighted by molar-refractivity contribution is 0.897. The maximum Gasteiger partial charge on any atom is 0.226 e. The van der Waals surface area contributed by atoms with Gasteiger partial charge in [-0.2, -0.15) is 4.98 Å². The Morgan fingerprint density at radius 1 is 1.35 bits per heavy atom. The molecular weight excluding hydrogens is 279 g/mol. The summed E-state index contributed by atoms with van der Waals surface area (Å²) in [6.45, 7) is 0. The van der Waals surface area contributed by atoms with Gasteiger partial charge in [0, 0.05) is 12.1 Å². The third kappa shape index (κ3) is 2.57. The van der Waals surface area contributed by atoms with Crippen LogP contribution in [0, 0.1) is 4.77 Å². The van der Waals surface area contributed by atoms with Crippen LogP contribution in [0.3, 0.4) is 0 Å². The molecule has 0 atom stereocenters. The average Bonchev–Trinajstić information content (AvgIpc) is 2.32. The van der Waals surface area contributed by atoms with Gasteiger partial charge in [-0.15, -0.1) is 0 Å². The van der Waals surface area contributed by atoms with Gasteiger partial charge in [0.15, 0.2) is 0 Å². The van der Waals surface area contributed by atoms with E-state index in [1.54, 1.807) is 36.1 Å². The number of anilines is 1. The van der Waals surface area contributed by atoms with E-state index in [-0.39, 0.29) is 0 Å². The zero-order valence-electron chi connectivity index (χ0n) is 8.82. The van der Waals surface area contributed by atoms with Gasteiger partial charge in [0.05, 0.1) is 10.7 Å². The van der Waals surface area contributed by atoms with Gasteiger partial charge in [0.1, 0.15) is 6.33 Å². The highest BCUT2D eigenvalue weighted by Crippen LogP contribution is 2.24. The second kappa shape index (κ2) is 5.00. The van der Waals surface area contributed by atoms with E-state index in [0.717, 1.165) is 0 Å². The molecular formula is C10H8Cl2N4S. The molecule has 88 valence electrons. The normalized spacial score (nSPS) is 10.3. The Hall–Kier alpha value is -1.17. The first-order chi connectivity index (χ1) is 8.11. The van der Waals surface area contributed by atoms with Crippen molar-refractivity contribution in [2.24, 2.45) is 0 Å². The van der Waals surface area contributed by atoms with Crippen LogP contribution in [0.1, 0.15) is 0 Å². The fraction of sp³-hybridized carbons (Fsp3) is 0.100. The van der Waals surface area contributed by atoms with Crippen LogP contribution in [-0.2, 0) is 0 Å². The molecule has 2 rings (SSSR count). The van der Waals surface area contributed by atoms with Crippen molar-refractivity contribution < 1.29 is 0 Å². The molecule has 0 fully saturated rings. The quantitative estimate of drug-likeness (QED) is 0.860. The zero-order valence-corrected chi connectivity index (χ0v) is 11.1. The van der Waals surface area contributed by atoms with Crippen LogP contribution in [0.2, 0.25) is 10.0 Å². The molecule has 1 N–H and O–H groups in total. The molecule has 17 heavy (non-hydrogen) atoms. The number of nitrogens with zero attached hydrogens (tertiary/aromatic N) is 3. The SMILES string of the molecule is CNc1ncn(-c2cc(Cl)ccc2Cl)c(=S)n1. The molecule has 0 aliphatic carbocycles. The minimum absolute atomic E-state index is 0.355. The molecule has 2 aromatic rings. The number of nitrogens with one attached hydrogen (secondary N) is 1. The van der Waals surface area contributed by atoms with Crippen LogP contribution in [0.25, 0.3) is 5.69 Å². The maximum atomic E-state index is 6.08. The van der Waals surface area contributed by atoms with Crippen molar-refractivity contribution in [2.75, 3.05) is 12.4 Å². The topological polar surface area (TPSA) is 42.7 Å². The fourth-order valence-electron chi connectivity index (χ4n) is 1.29. The Morgan fingerprint density at radius 2 is 2.12 bits per heavy atom. The number of hydrogen-bond donors (Lipinski definition) is 1. The molecule has 0 bridgehead atoms. The van der Waals surface area contributed by atoms with Gasteiger partial charge >= 0.3 is 0 Å². The summed E-state index contributed by atoms with van der Waals surface area (Å²) in [5, 5.41) is 3.92. The summed E-state index contributed by atoms with van der Waals surface area (Å²) in [6, 6.07) is 5.12. The monoisotopic (exact) mass is 286 g/mol. The first-order valence-corrected chi connectivity index (χ1v) is 5.87. The largest absolute Gasteiger partial charge is 0.357 e. The number of benzene rings is 1. The Kier molecular flexibility index (Phi) is 3.61. The minimum atomic E-state index is 0.355. The fourth-order valence-corrected chi connectivity index (χ4v) is 1.90. The lowest BCUT2D eigenvalue weighted by atomic mass is 10.3. The van der Waals surface area contributed by atoms with Gasteiger partial charge in [0.25, 0.3) is 0 Å². The molecule has 1 aromatic carbocycles. The molecule has 1 aromatic heterocycles. The molecule has 7 heteroatoms. The smallest absolute Gasteiger partial charge is 0.226 e. The zero-order chi connectivity index (χ0) is 12.4. The van der Waals surface area contributed by atoms with Crippen molar-refractivity contribution in [2.45, 2.75) is 0 Å². The predicted molar refractivity (Wildman–Crippen MR) is 71.8 cm³/mol. The van der Waals surface area contributed by atoms with E-state index in [9.17, 15) is 0 Å². The van der Waals surface area contributed by atoms with Gasteiger partial charge in [-0.05, 0) is 30.4 Å². The summed E-state index contributed by atoms with van der Waals surface area (Å²) < 4.78 is 1.96. The van der Waals surface area contributed by atoms with Crippen LogP contribution < -0.4 is 5.32 Å². The number of halogens is 2. The van der Waals surface area contributed by atoms with Crippen LogP contribution in [0.15, 0.2) is 24.5 Å². The van der Waals surface area contributed by atoms with E-state index in [1.165, 1.54) is 0 Å². The first-order valence-electron chi connectivity index (χ1n) is 4.70. The van der Waals surface area contributed by atoms with Crippen LogP contribution in [0.4, 0.5) is 5.95 Å². The second-order valence-electron chi connectivity index (χ2n) is 3.18. The van der Waals surface area contributed by atoms with Crippen LogP contribution in [-0.4, -0.2) is 21.6 Å². The predicted octanol–water partition coefficient (Wildman–Crippen LogP) is 3.35. The average molecular weight is 287 g/mol. The summed E-state index contributed by atoms with van der Waals surface area (Å²) >= 11 is 17.2. The Balaban J connectivity index is 2.61. The minimum Gasteiger partial charge on any atom is -0.357 e. The number of aromatic nitrogens is 3. The molecule has 0 aliphatic heterocycles. The first kappa shape index (κ1) is 12.3. The molecule has 0 radical (unpaired) electrons. The third-order valence-electron chi connectivity index (χ3n) is 2.09. The lowest BCUT2D eigenvalue weighted by Crippen LogP contribution is -2.05. The van der Waals surface area contributed by atoms with Crippen molar-refractivity contribution in [3.63, 3.8) is 0 Å². The number of rotatable bonds is 2. The van der Waals surface area contributed by atoms with Crippen molar-refractivity contribution in [3.05, 3.63) is 39.3 Å². The van der Waals surface area contributed by atoms with Crippen molar-refractivity contribution >= 4 is 41.4 Å². The van der Waals surface area contributed by atoms with E-state index in [4.69, 9.17) is 35.4 Å². The third-order valence-corrected chi connectivity index (χ3v) is 2.94. The molecule has 0 amide bonds. The standard InChI is InChI=1S/C10H8Cl2N4S/c1-13-9-14-5-16(10(17)15-9)8-4-6(11)2-3-7(8)12/h2-5H,1H3,(H,13,15,17). The van der Waals surface area contributed by atoms with Crippen molar-refractivity contribution in [3.8, 4) is 5.69 Å². The van der Waals surface area contributed by atoms with E-state index < -0.39 is 0 Å². The van der Waals surface area contributed by atoms with Gasteiger partial charge < -0.3 is 5.32 Å². The molecule has 0 saturated carbocycles. The van der Waals surface area contributed by atoms with E-state index in [2.05, 4.69) is 15.3 Å². The van der Waals surface area contributed by atoms with Crippen molar-refractivity contribution in [1.29, 1.82) is 0 Å². The highest BCUT2D eigenvalue weighted by atomic mass is 35.5. The summed E-state index contributed by atoms with van der Waals surface area (Å²) in [7, 11) is 1.72. The highest BCUT2D eigenvalue weighted by Gasteiger charge is 2.05. The highest BCUT2D eigenvalue weighted by molar-refractivity contribution is 7.71. The summed E-state index contributed by atoms with van der Waals surface area (Å²) in [4.78, 5) is 8.17.